The third-order valence-corrected chi connectivity index (χ3v) is 3.75. The van der Waals surface area contributed by atoms with Gasteiger partial charge in [0.1, 0.15) is 17.2 Å². The quantitative estimate of drug-likeness (QED) is 0.601. The number of nitrogens with zero attached hydrogens (tertiary/aromatic N) is 1. The molecule has 1 aliphatic carbocycles. The summed E-state index contributed by atoms with van der Waals surface area (Å²) < 4.78 is 10.7. The van der Waals surface area contributed by atoms with E-state index in [4.69, 9.17) is 9.47 Å². The molecule has 0 radical (unpaired) electrons. The molecule has 132 valence electrons. The van der Waals surface area contributed by atoms with E-state index in [0.29, 0.717) is 31.1 Å². The van der Waals surface area contributed by atoms with E-state index in [1.54, 1.807) is 20.8 Å². The van der Waals surface area contributed by atoms with Crippen LogP contribution in [-0.4, -0.2) is 43.4 Å². The number of hydrogen-bond acceptors (Lipinski definition) is 5. The molecule has 1 saturated carbocycles. The summed E-state index contributed by atoms with van der Waals surface area (Å²) in [6.45, 7) is 6.52. The summed E-state index contributed by atoms with van der Waals surface area (Å²) in [6.07, 6.45) is 2.13. The summed E-state index contributed by atoms with van der Waals surface area (Å²) in [5.41, 5.74) is 0.114. The Morgan fingerprint density at radius 2 is 2.08 bits per heavy atom. The summed E-state index contributed by atoms with van der Waals surface area (Å²) in [6, 6.07) is 1.65. The molecule has 1 unspecified atom stereocenters. The lowest BCUT2D eigenvalue weighted by molar-refractivity contribution is -0.117. The lowest BCUT2D eigenvalue weighted by atomic mass is 9.99. The molecule has 0 aromatic heterocycles. The maximum atomic E-state index is 12.2. The highest BCUT2D eigenvalue weighted by atomic mass is 16.6. The van der Waals surface area contributed by atoms with Crippen molar-refractivity contribution in [3.05, 3.63) is 11.1 Å². The number of amides is 2. The van der Waals surface area contributed by atoms with Crippen molar-refractivity contribution in [3.8, 4) is 6.07 Å². The van der Waals surface area contributed by atoms with E-state index in [-0.39, 0.29) is 24.1 Å². The minimum Gasteiger partial charge on any atom is -0.444 e. The zero-order valence-corrected chi connectivity index (χ0v) is 14.5. The molecule has 2 N–H and O–H groups in total. The summed E-state index contributed by atoms with van der Waals surface area (Å²) in [5.74, 6) is 0.184. The molecule has 2 aliphatic rings. The molecular weight excluding hydrogens is 310 g/mol. The summed E-state index contributed by atoms with van der Waals surface area (Å²) >= 11 is 0. The SMILES string of the molecule is CC(C)(C)OC(=O)NC1COC/C(=C(\C#N)C(=O)NCC2CC2)C1. The van der Waals surface area contributed by atoms with Crippen LogP contribution in [0.25, 0.3) is 0 Å². The molecule has 0 spiro atoms. The van der Waals surface area contributed by atoms with Crippen LogP contribution < -0.4 is 10.6 Å². The van der Waals surface area contributed by atoms with Crippen molar-refractivity contribution >= 4 is 12.0 Å². The van der Waals surface area contributed by atoms with E-state index in [1.807, 2.05) is 6.07 Å². The van der Waals surface area contributed by atoms with Crippen LogP contribution >= 0.6 is 0 Å². The van der Waals surface area contributed by atoms with Crippen LogP contribution in [-0.2, 0) is 14.3 Å². The molecule has 7 nitrogen and oxygen atoms in total. The monoisotopic (exact) mass is 335 g/mol. The molecule has 2 rings (SSSR count). The number of nitriles is 1. The van der Waals surface area contributed by atoms with Crippen molar-refractivity contribution in [1.29, 1.82) is 5.26 Å². The highest BCUT2D eigenvalue weighted by Gasteiger charge is 2.27. The number of carbonyl (C=O) groups is 2. The first-order valence-corrected chi connectivity index (χ1v) is 8.26. The Morgan fingerprint density at radius 1 is 1.38 bits per heavy atom. The number of rotatable bonds is 4. The zero-order chi connectivity index (χ0) is 17.7. The van der Waals surface area contributed by atoms with Crippen LogP contribution in [0.5, 0.6) is 0 Å². The van der Waals surface area contributed by atoms with Gasteiger partial charge in [0.05, 0.1) is 19.3 Å². The van der Waals surface area contributed by atoms with Gasteiger partial charge in [-0.3, -0.25) is 4.79 Å². The molecule has 0 aromatic carbocycles. The van der Waals surface area contributed by atoms with Gasteiger partial charge in [-0.1, -0.05) is 0 Å². The van der Waals surface area contributed by atoms with Gasteiger partial charge in [0.2, 0.25) is 0 Å². The first-order chi connectivity index (χ1) is 11.3. The maximum absolute atomic E-state index is 12.2. The van der Waals surface area contributed by atoms with Gasteiger partial charge in [-0.05, 0) is 51.5 Å². The van der Waals surface area contributed by atoms with Gasteiger partial charge in [-0.15, -0.1) is 0 Å². The van der Waals surface area contributed by atoms with Gasteiger partial charge in [0.15, 0.2) is 0 Å². The van der Waals surface area contributed by atoms with Crippen molar-refractivity contribution in [2.24, 2.45) is 5.92 Å². The Bertz CT molecular complexity index is 567. The topological polar surface area (TPSA) is 100 Å². The fourth-order valence-corrected chi connectivity index (χ4v) is 2.42. The average Bonchev–Trinajstić information content (AvgIpc) is 3.28. The molecule has 1 aliphatic heterocycles. The van der Waals surface area contributed by atoms with Gasteiger partial charge in [-0.2, -0.15) is 5.26 Å². The highest BCUT2D eigenvalue weighted by Crippen LogP contribution is 2.27. The highest BCUT2D eigenvalue weighted by molar-refractivity contribution is 5.98. The molecule has 24 heavy (non-hydrogen) atoms. The minimum atomic E-state index is -0.585. The van der Waals surface area contributed by atoms with Gasteiger partial charge < -0.3 is 20.1 Å². The first-order valence-electron chi connectivity index (χ1n) is 8.26. The largest absolute Gasteiger partial charge is 0.444 e. The van der Waals surface area contributed by atoms with Crippen LogP contribution in [0.15, 0.2) is 11.1 Å². The first kappa shape index (κ1) is 18.3. The Morgan fingerprint density at radius 3 is 2.67 bits per heavy atom. The van der Waals surface area contributed by atoms with Crippen molar-refractivity contribution in [2.75, 3.05) is 19.8 Å². The van der Waals surface area contributed by atoms with E-state index in [2.05, 4.69) is 10.6 Å². The van der Waals surface area contributed by atoms with Crippen LogP contribution in [0.4, 0.5) is 4.79 Å². The zero-order valence-electron chi connectivity index (χ0n) is 14.5. The van der Waals surface area contributed by atoms with Crippen LogP contribution in [0, 0.1) is 17.2 Å². The second-order valence-corrected chi connectivity index (χ2v) is 7.31. The van der Waals surface area contributed by atoms with Crippen LogP contribution in [0.2, 0.25) is 0 Å². The molecule has 1 heterocycles. The van der Waals surface area contributed by atoms with E-state index >= 15 is 0 Å². The molecule has 7 heteroatoms. The molecule has 2 amide bonds. The van der Waals surface area contributed by atoms with E-state index in [1.165, 1.54) is 0 Å². The second kappa shape index (κ2) is 7.67. The van der Waals surface area contributed by atoms with Crippen molar-refractivity contribution in [2.45, 2.75) is 51.7 Å². The van der Waals surface area contributed by atoms with E-state index < -0.39 is 11.7 Å². The Labute approximate surface area is 142 Å². The predicted molar refractivity (Wildman–Crippen MR) is 87.0 cm³/mol. The fourth-order valence-electron chi connectivity index (χ4n) is 2.42. The molecule has 0 bridgehead atoms. The number of alkyl carbamates (subject to hydrolysis) is 1. The van der Waals surface area contributed by atoms with Crippen molar-refractivity contribution in [3.63, 3.8) is 0 Å². The molecular formula is C17H25N3O4. The molecule has 1 saturated heterocycles. The van der Waals surface area contributed by atoms with Crippen LogP contribution in [0.1, 0.15) is 40.0 Å². The van der Waals surface area contributed by atoms with Gasteiger partial charge in [0.25, 0.3) is 5.91 Å². The summed E-state index contributed by atoms with van der Waals surface area (Å²) in [5, 5.41) is 14.8. The third kappa shape index (κ3) is 5.85. The normalized spacial score (nSPS) is 23.0. The lowest BCUT2D eigenvalue weighted by Gasteiger charge is -2.27. The minimum absolute atomic E-state index is 0.0892. The van der Waals surface area contributed by atoms with Crippen molar-refractivity contribution in [1.82, 2.24) is 10.6 Å². The Hall–Kier alpha value is -2.07. The van der Waals surface area contributed by atoms with E-state index in [9.17, 15) is 14.9 Å². The molecule has 2 fully saturated rings. The third-order valence-electron chi connectivity index (χ3n) is 3.75. The molecule has 0 aromatic rings. The van der Waals surface area contributed by atoms with Crippen LogP contribution in [0.3, 0.4) is 0 Å². The van der Waals surface area contributed by atoms with Crippen molar-refractivity contribution < 1.29 is 19.1 Å². The number of ether oxygens (including phenoxy) is 2. The predicted octanol–water partition coefficient (Wildman–Crippen LogP) is 1.65. The number of hydrogen-bond donors (Lipinski definition) is 2. The maximum Gasteiger partial charge on any atom is 0.407 e. The van der Waals surface area contributed by atoms with Gasteiger partial charge in [-0.25, -0.2) is 4.79 Å². The van der Waals surface area contributed by atoms with Gasteiger partial charge in [0, 0.05) is 6.54 Å². The number of carbonyl (C=O) groups excluding carboxylic acids is 2. The number of nitrogens with one attached hydrogen (secondary N) is 2. The second-order valence-electron chi connectivity index (χ2n) is 7.31. The average molecular weight is 335 g/mol. The molecule has 1 atom stereocenters. The lowest BCUT2D eigenvalue weighted by Crippen LogP contribution is -2.44. The standard InChI is InChI=1S/C17H25N3O4/c1-17(2,3)24-16(22)20-13-6-12(9-23-10-13)14(7-18)15(21)19-8-11-4-5-11/h11,13H,4-6,8-10H2,1-3H3,(H,19,21)(H,20,22)/b14-12+. The Balaban J connectivity index is 1.94. The summed E-state index contributed by atoms with van der Waals surface area (Å²) in [7, 11) is 0. The smallest absolute Gasteiger partial charge is 0.407 e. The fraction of sp³-hybridized carbons (Fsp3) is 0.706. The summed E-state index contributed by atoms with van der Waals surface area (Å²) in [4.78, 5) is 24.0. The Kier molecular flexibility index (Phi) is 5.84. The van der Waals surface area contributed by atoms with E-state index in [0.717, 1.165) is 12.8 Å². The van der Waals surface area contributed by atoms with Gasteiger partial charge >= 0.3 is 6.09 Å².